The second-order valence-electron chi connectivity index (χ2n) is 3.28. The maximum Gasteiger partial charge on any atom is 0.209 e. The van der Waals surface area contributed by atoms with Crippen LogP contribution < -0.4 is 0 Å². The van der Waals surface area contributed by atoms with Crippen molar-refractivity contribution in [3.05, 3.63) is 54.4 Å². The van der Waals surface area contributed by atoms with Crippen molar-refractivity contribution in [2.75, 3.05) is 0 Å². The van der Waals surface area contributed by atoms with E-state index in [-0.39, 0.29) is 15.5 Å². The largest absolute Gasteiger partial charge is 0.244 e. The highest BCUT2D eigenvalue weighted by atomic mass is 32.2. The average Bonchev–Trinajstić information content (AvgIpc) is 2.39. The van der Waals surface area contributed by atoms with Gasteiger partial charge < -0.3 is 0 Å². The Bertz CT molecular complexity index is 673. The zero-order valence-electron chi connectivity index (χ0n) is 8.74. The zero-order chi connectivity index (χ0) is 12.3. The number of nitrogens with zero attached hydrogens (tertiary/aromatic N) is 2. The van der Waals surface area contributed by atoms with Gasteiger partial charge in [0.1, 0.15) is 11.0 Å². The van der Waals surface area contributed by atoms with Crippen LogP contribution in [-0.2, 0) is 9.84 Å². The highest BCUT2D eigenvalue weighted by Gasteiger charge is 2.21. The number of pyridine rings is 1. The minimum absolute atomic E-state index is 0.0614. The van der Waals surface area contributed by atoms with E-state index >= 15 is 0 Å². The molecule has 1 aromatic carbocycles. The lowest BCUT2D eigenvalue weighted by atomic mass is 10.4. The summed E-state index contributed by atoms with van der Waals surface area (Å²) in [5, 5.41) is 8.85. The van der Waals surface area contributed by atoms with Crippen molar-refractivity contribution in [3.8, 4) is 6.07 Å². The second kappa shape index (κ2) is 4.36. The van der Waals surface area contributed by atoms with Crippen molar-refractivity contribution >= 4 is 9.84 Å². The number of aromatic nitrogens is 1. The molecular weight excluding hydrogens is 236 g/mol. The molecule has 0 aliphatic rings. The van der Waals surface area contributed by atoms with Gasteiger partial charge in [-0.1, -0.05) is 18.2 Å². The highest BCUT2D eigenvalue weighted by Crippen LogP contribution is 2.21. The number of sulfone groups is 1. The number of rotatable bonds is 2. The Morgan fingerprint density at radius 1 is 1.06 bits per heavy atom. The van der Waals surface area contributed by atoms with Gasteiger partial charge in [0.25, 0.3) is 0 Å². The molecule has 0 amide bonds. The van der Waals surface area contributed by atoms with Crippen molar-refractivity contribution in [1.82, 2.24) is 4.98 Å². The van der Waals surface area contributed by atoms with Crippen LogP contribution in [0.4, 0.5) is 0 Å². The monoisotopic (exact) mass is 244 g/mol. The summed E-state index contributed by atoms with van der Waals surface area (Å²) in [7, 11) is -3.67. The summed E-state index contributed by atoms with van der Waals surface area (Å²) >= 11 is 0. The first-order chi connectivity index (χ1) is 8.16. The summed E-state index contributed by atoms with van der Waals surface area (Å²) in [6.07, 6.45) is 1.39. The molecule has 0 spiro atoms. The molecule has 5 heteroatoms. The summed E-state index contributed by atoms with van der Waals surface area (Å²) in [4.78, 5) is 3.84. The maximum absolute atomic E-state index is 12.2. The molecule has 0 N–H and O–H groups in total. The summed E-state index contributed by atoms with van der Waals surface area (Å²) in [6.45, 7) is 0. The third kappa shape index (κ3) is 2.03. The Morgan fingerprint density at radius 2 is 1.76 bits per heavy atom. The lowest BCUT2D eigenvalue weighted by Gasteiger charge is -2.04. The fourth-order valence-electron chi connectivity index (χ4n) is 1.42. The van der Waals surface area contributed by atoms with Crippen LogP contribution in [0.25, 0.3) is 0 Å². The molecule has 0 fully saturated rings. The Labute approximate surface area is 99.1 Å². The number of nitriles is 1. The van der Waals surface area contributed by atoms with Crippen molar-refractivity contribution < 1.29 is 8.42 Å². The van der Waals surface area contributed by atoms with Crippen molar-refractivity contribution in [2.45, 2.75) is 9.79 Å². The van der Waals surface area contributed by atoms with Gasteiger partial charge in [0.2, 0.25) is 9.84 Å². The van der Waals surface area contributed by atoms with Gasteiger partial charge in [-0.05, 0) is 24.3 Å². The molecular formula is C12H8N2O2S. The Balaban J connectivity index is 2.66. The van der Waals surface area contributed by atoms with Crippen LogP contribution in [0.1, 0.15) is 5.69 Å². The molecule has 0 radical (unpaired) electrons. The normalized spacial score (nSPS) is 10.8. The van der Waals surface area contributed by atoms with E-state index in [2.05, 4.69) is 4.98 Å². The predicted molar refractivity (Wildman–Crippen MR) is 60.8 cm³/mol. The minimum Gasteiger partial charge on any atom is -0.244 e. The average molecular weight is 244 g/mol. The van der Waals surface area contributed by atoms with Crippen LogP contribution in [0.15, 0.2) is 58.5 Å². The first-order valence-corrected chi connectivity index (χ1v) is 6.30. The van der Waals surface area contributed by atoms with Crippen LogP contribution in [0.5, 0.6) is 0 Å². The molecule has 0 saturated carbocycles. The van der Waals surface area contributed by atoms with E-state index in [0.717, 1.165) is 0 Å². The smallest absolute Gasteiger partial charge is 0.209 e. The second-order valence-corrected chi connectivity index (χ2v) is 5.20. The zero-order valence-corrected chi connectivity index (χ0v) is 9.55. The van der Waals surface area contributed by atoms with Crippen molar-refractivity contribution in [3.63, 3.8) is 0 Å². The number of hydrogen-bond acceptors (Lipinski definition) is 4. The third-order valence-corrected chi connectivity index (χ3v) is 4.02. The molecule has 0 bridgehead atoms. The Kier molecular flexibility index (Phi) is 2.90. The van der Waals surface area contributed by atoms with Crippen LogP contribution in [0.3, 0.4) is 0 Å². The fourth-order valence-corrected chi connectivity index (χ4v) is 2.80. The van der Waals surface area contributed by atoms with E-state index in [4.69, 9.17) is 5.26 Å². The van der Waals surface area contributed by atoms with Gasteiger partial charge in [-0.2, -0.15) is 5.26 Å². The van der Waals surface area contributed by atoms with Crippen LogP contribution >= 0.6 is 0 Å². The molecule has 2 aromatic rings. The quantitative estimate of drug-likeness (QED) is 0.807. The molecule has 0 unspecified atom stereocenters. The summed E-state index contributed by atoms with van der Waals surface area (Å²) in [5.74, 6) is 0. The Hall–Kier alpha value is -2.19. The molecule has 2 rings (SSSR count). The molecule has 0 aliphatic heterocycles. The molecule has 0 aliphatic carbocycles. The van der Waals surface area contributed by atoms with Gasteiger partial charge in [0, 0.05) is 6.20 Å². The molecule has 17 heavy (non-hydrogen) atoms. The van der Waals surface area contributed by atoms with Crippen molar-refractivity contribution in [2.24, 2.45) is 0 Å². The topological polar surface area (TPSA) is 70.8 Å². The van der Waals surface area contributed by atoms with Gasteiger partial charge >= 0.3 is 0 Å². The minimum atomic E-state index is -3.67. The number of benzene rings is 1. The summed E-state index contributed by atoms with van der Waals surface area (Å²) in [5.41, 5.74) is -0.0867. The van der Waals surface area contributed by atoms with Crippen LogP contribution in [-0.4, -0.2) is 13.4 Å². The molecule has 1 aromatic heterocycles. The van der Waals surface area contributed by atoms with Gasteiger partial charge in [-0.3, -0.25) is 0 Å². The standard InChI is InChI=1S/C12H8N2O2S/c13-9-11-12(7-4-8-14-11)17(15,16)10-5-2-1-3-6-10/h1-8H. The predicted octanol–water partition coefficient (Wildman–Crippen LogP) is 1.79. The van der Waals surface area contributed by atoms with E-state index in [1.165, 1.54) is 30.5 Å². The third-order valence-electron chi connectivity index (χ3n) is 2.22. The molecule has 0 atom stereocenters. The molecule has 84 valence electrons. The summed E-state index contributed by atoms with van der Waals surface area (Å²) in [6, 6.07) is 12.6. The van der Waals surface area contributed by atoms with Gasteiger partial charge in [0.15, 0.2) is 5.69 Å². The van der Waals surface area contributed by atoms with E-state index in [0.29, 0.717) is 0 Å². The Morgan fingerprint density at radius 3 is 2.41 bits per heavy atom. The first kappa shape index (κ1) is 11.3. The van der Waals surface area contributed by atoms with E-state index in [1.54, 1.807) is 24.3 Å². The maximum atomic E-state index is 12.2. The van der Waals surface area contributed by atoms with E-state index < -0.39 is 9.84 Å². The van der Waals surface area contributed by atoms with Gasteiger partial charge in [0.05, 0.1) is 4.90 Å². The van der Waals surface area contributed by atoms with E-state index in [1.807, 2.05) is 0 Å². The lowest BCUT2D eigenvalue weighted by molar-refractivity contribution is 0.595. The first-order valence-electron chi connectivity index (χ1n) is 4.81. The fraction of sp³-hybridized carbons (Fsp3) is 0. The van der Waals surface area contributed by atoms with Crippen molar-refractivity contribution in [1.29, 1.82) is 5.26 Å². The molecule has 0 saturated heterocycles. The summed E-state index contributed by atoms with van der Waals surface area (Å²) < 4.78 is 24.4. The lowest BCUT2D eigenvalue weighted by Crippen LogP contribution is -2.05. The van der Waals surface area contributed by atoms with Crippen LogP contribution in [0.2, 0.25) is 0 Å². The molecule has 4 nitrogen and oxygen atoms in total. The molecule has 1 heterocycles. The van der Waals surface area contributed by atoms with E-state index in [9.17, 15) is 8.42 Å². The number of hydrogen-bond donors (Lipinski definition) is 0. The SMILES string of the molecule is N#Cc1ncccc1S(=O)(=O)c1ccccc1. The van der Waals surface area contributed by atoms with Crippen LogP contribution in [0, 0.1) is 11.3 Å². The van der Waals surface area contributed by atoms with Gasteiger partial charge in [-0.25, -0.2) is 13.4 Å². The van der Waals surface area contributed by atoms with Gasteiger partial charge in [-0.15, -0.1) is 0 Å². The highest BCUT2D eigenvalue weighted by molar-refractivity contribution is 7.91.